The zero-order valence-corrected chi connectivity index (χ0v) is 13.6. The van der Waals surface area contributed by atoms with Crippen LogP contribution in [0.5, 0.6) is 5.75 Å². The highest BCUT2D eigenvalue weighted by Gasteiger charge is 2.11. The maximum atomic E-state index is 11.8. The van der Waals surface area contributed by atoms with E-state index in [1.807, 2.05) is 58.9 Å². The second-order valence-electron chi connectivity index (χ2n) is 6.17. The zero-order chi connectivity index (χ0) is 15.9. The summed E-state index contributed by atoms with van der Waals surface area (Å²) in [6.07, 6.45) is 0.354. The minimum Gasteiger partial charge on any atom is -0.491 e. The number of carbonyl (C=O) groups is 1. The largest absolute Gasteiger partial charge is 0.491 e. The molecule has 1 aromatic rings. The highest BCUT2D eigenvalue weighted by Crippen LogP contribution is 2.15. The van der Waals surface area contributed by atoms with Crippen LogP contribution in [0.25, 0.3) is 0 Å². The minimum absolute atomic E-state index is 0.113. The van der Waals surface area contributed by atoms with Crippen molar-refractivity contribution in [2.75, 3.05) is 13.2 Å². The molecule has 0 spiro atoms. The number of rotatable bonds is 7. The lowest BCUT2D eigenvalue weighted by atomic mass is 10.1. The lowest BCUT2D eigenvalue weighted by Crippen LogP contribution is -2.23. The normalized spacial score (nSPS) is 11.5. The molecule has 0 amide bonds. The molecule has 0 aliphatic carbocycles. The minimum atomic E-state index is -0.255. The first-order chi connectivity index (χ1) is 9.76. The van der Waals surface area contributed by atoms with Crippen molar-refractivity contribution in [3.63, 3.8) is 0 Å². The molecule has 0 aliphatic heterocycles. The van der Waals surface area contributed by atoms with E-state index in [2.05, 4.69) is 0 Å². The standard InChI is InChI=1S/C17H26O4/c1-13(2)21-15-8-6-7-14(11-15)12-16(18)19-9-10-20-17(3,4)5/h6-8,11,13H,9-10,12H2,1-5H3. The Balaban J connectivity index is 2.37. The second kappa shape index (κ2) is 8.03. The summed E-state index contributed by atoms with van der Waals surface area (Å²) in [7, 11) is 0. The molecule has 0 aromatic heterocycles. The molecule has 0 bridgehead atoms. The fourth-order valence-corrected chi connectivity index (χ4v) is 1.72. The van der Waals surface area contributed by atoms with Crippen molar-refractivity contribution in [2.45, 2.75) is 52.7 Å². The smallest absolute Gasteiger partial charge is 0.310 e. The number of hydrogen-bond acceptors (Lipinski definition) is 4. The van der Waals surface area contributed by atoms with Crippen molar-refractivity contribution in [3.05, 3.63) is 29.8 Å². The molecule has 0 saturated heterocycles. The predicted molar refractivity (Wildman–Crippen MR) is 82.6 cm³/mol. The number of carbonyl (C=O) groups excluding carboxylic acids is 1. The van der Waals surface area contributed by atoms with Gasteiger partial charge in [-0.2, -0.15) is 0 Å². The molecule has 0 unspecified atom stereocenters. The van der Waals surface area contributed by atoms with Crippen molar-refractivity contribution < 1.29 is 19.0 Å². The molecule has 1 rings (SSSR count). The second-order valence-corrected chi connectivity index (χ2v) is 6.17. The van der Waals surface area contributed by atoms with E-state index in [0.717, 1.165) is 11.3 Å². The Hall–Kier alpha value is -1.55. The summed E-state index contributed by atoms with van der Waals surface area (Å²) in [5.74, 6) is 0.514. The van der Waals surface area contributed by atoms with Crippen LogP contribution in [0.2, 0.25) is 0 Å². The van der Waals surface area contributed by atoms with Gasteiger partial charge in [0.25, 0.3) is 0 Å². The molecule has 4 nitrogen and oxygen atoms in total. The number of esters is 1. The topological polar surface area (TPSA) is 44.8 Å². The maximum absolute atomic E-state index is 11.8. The maximum Gasteiger partial charge on any atom is 0.310 e. The Morgan fingerprint density at radius 1 is 1.19 bits per heavy atom. The molecule has 118 valence electrons. The van der Waals surface area contributed by atoms with E-state index in [1.165, 1.54) is 0 Å². The Kier molecular flexibility index (Phi) is 6.69. The van der Waals surface area contributed by atoms with Crippen molar-refractivity contribution in [1.82, 2.24) is 0 Å². The van der Waals surface area contributed by atoms with Crippen LogP contribution in [-0.2, 0) is 20.7 Å². The Bertz CT molecular complexity index is 446. The van der Waals surface area contributed by atoms with Gasteiger partial charge in [-0.1, -0.05) is 12.1 Å². The zero-order valence-electron chi connectivity index (χ0n) is 13.6. The van der Waals surface area contributed by atoms with Crippen LogP contribution < -0.4 is 4.74 Å². The molecule has 0 saturated carbocycles. The highest BCUT2D eigenvalue weighted by atomic mass is 16.6. The van der Waals surface area contributed by atoms with E-state index in [4.69, 9.17) is 14.2 Å². The molecule has 0 atom stereocenters. The Morgan fingerprint density at radius 2 is 1.90 bits per heavy atom. The lowest BCUT2D eigenvalue weighted by Gasteiger charge is -2.19. The van der Waals surface area contributed by atoms with Gasteiger partial charge >= 0.3 is 5.97 Å². The van der Waals surface area contributed by atoms with Crippen LogP contribution >= 0.6 is 0 Å². The third-order valence-electron chi connectivity index (χ3n) is 2.50. The van der Waals surface area contributed by atoms with Gasteiger partial charge in [0.05, 0.1) is 24.7 Å². The van der Waals surface area contributed by atoms with E-state index in [1.54, 1.807) is 0 Å². The van der Waals surface area contributed by atoms with Crippen molar-refractivity contribution in [3.8, 4) is 5.75 Å². The van der Waals surface area contributed by atoms with Gasteiger partial charge in [-0.3, -0.25) is 4.79 Å². The molecule has 0 aliphatic rings. The lowest BCUT2D eigenvalue weighted by molar-refractivity contribution is -0.146. The molecule has 0 N–H and O–H groups in total. The van der Waals surface area contributed by atoms with E-state index in [0.29, 0.717) is 6.61 Å². The number of hydrogen-bond donors (Lipinski definition) is 0. The molecule has 4 heteroatoms. The van der Waals surface area contributed by atoms with Gasteiger partial charge in [-0.05, 0) is 52.3 Å². The summed E-state index contributed by atoms with van der Waals surface area (Å²) >= 11 is 0. The summed E-state index contributed by atoms with van der Waals surface area (Å²) in [5.41, 5.74) is 0.671. The average Bonchev–Trinajstić information content (AvgIpc) is 2.33. The van der Waals surface area contributed by atoms with Crippen molar-refractivity contribution >= 4 is 5.97 Å². The quantitative estimate of drug-likeness (QED) is 0.571. The van der Waals surface area contributed by atoms with Crippen LogP contribution in [-0.4, -0.2) is 30.9 Å². The summed E-state index contributed by atoms with van der Waals surface area (Å²) in [4.78, 5) is 11.8. The number of benzene rings is 1. The molecular weight excluding hydrogens is 268 g/mol. The first-order valence-corrected chi connectivity index (χ1v) is 7.31. The number of ether oxygens (including phenoxy) is 3. The highest BCUT2D eigenvalue weighted by molar-refractivity contribution is 5.72. The average molecular weight is 294 g/mol. The fraction of sp³-hybridized carbons (Fsp3) is 0.588. The predicted octanol–water partition coefficient (Wildman–Crippen LogP) is 3.37. The van der Waals surface area contributed by atoms with Gasteiger partial charge in [-0.15, -0.1) is 0 Å². The van der Waals surface area contributed by atoms with Gasteiger partial charge in [0.2, 0.25) is 0 Å². The molecule has 1 aromatic carbocycles. The van der Waals surface area contributed by atoms with Gasteiger partial charge in [0.1, 0.15) is 12.4 Å². The molecule has 0 fully saturated rings. The van der Waals surface area contributed by atoms with Crippen LogP contribution in [0, 0.1) is 0 Å². The van der Waals surface area contributed by atoms with Crippen LogP contribution in [0.3, 0.4) is 0 Å². The molecule has 0 radical (unpaired) electrons. The first kappa shape index (κ1) is 17.5. The van der Waals surface area contributed by atoms with E-state index >= 15 is 0 Å². The van der Waals surface area contributed by atoms with Gasteiger partial charge in [-0.25, -0.2) is 0 Å². The Labute approximate surface area is 127 Å². The monoisotopic (exact) mass is 294 g/mol. The third-order valence-corrected chi connectivity index (χ3v) is 2.50. The van der Waals surface area contributed by atoms with Crippen LogP contribution in [0.4, 0.5) is 0 Å². The summed E-state index contributed by atoms with van der Waals surface area (Å²) in [6, 6.07) is 7.52. The summed E-state index contributed by atoms with van der Waals surface area (Å²) in [5, 5.41) is 0. The molecule has 0 heterocycles. The summed E-state index contributed by atoms with van der Waals surface area (Å²) < 4.78 is 16.3. The van der Waals surface area contributed by atoms with Crippen molar-refractivity contribution in [2.24, 2.45) is 0 Å². The van der Waals surface area contributed by atoms with Gasteiger partial charge < -0.3 is 14.2 Å². The van der Waals surface area contributed by atoms with Crippen LogP contribution in [0.1, 0.15) is 40.2 Å². The molecule has 21 heavy (non-hydrogen) atoms. The van der Waals surface area contributed by atoms with Gasteiger partial charge in [0, 0.05) is 0 Å². The van der Waals surface area contributed by atoms with E-state index in [9.17, 15) is 4.79 Å². The van der Waals surface area contributed by atoms with Gasteiger partial charge in [0.15, 0.2) is 0 Å². The third kappa shape index (κ3) is 8.35. The SMILES string of the molecule is CC(C)Oc1cccc(CC(=O)OCCOC(C)(C)C)c1. The first-order valence-electron chi connectivity index (χ1n) is 7.31. The Morgan fingerprint density at radius 3 is 2.52 bits per heavy atom. The van der Waals surface area contributed by atoms with E-state index in [-0.39, 0.29) is 30.7 Å². The summed E-state index contributed by atoms with van der Waals surface area (Å²) in [6.45, 7) is 10.5. The fourth-order valence-electron chi connectivity index (χ4n) is 1.72. The van der Waals surface area contributed by atoms with E-state index < -0.39 is 0 Å². The van der Waals surface area contributed by atoms with Crippen molar-refractivity contribution in [1.29, 1.82) is 0 Å². The van der Waals surface area contributed by atoms with Crippen LogP contribution in [0.15, 0.2) is 24.3 Å². The molecular formula is C17H26O4.